The first kappa shape index (κ1) is 23.6. The van der Waals surface area contributed by atoms with Crippen LogP contribution >= 0.6 is 11.8 Å². The fraction of sp³-hybridized carbons (Fsp3) is 0.913. The Balaban J connectivity index is 1.75. The summed E-state index contributed by atoms with van der Waals surface area (Å²) in [4.78, 5) is 26.1. The molecule has 5 heteroatoms. The molecule has 0 aromatic heterocycles. The van der Waals surface area contributed by atoms with E-state index in [0.29, 0.717) is 0 Å². The van der Waals surface area contributed by atoms with E-state index >= 15 is 0 Å². The molecule has 0 aromatic rings. The molecule has 1 atom stereocenters. The van der Waals surface area contributed by atoms with Crippen molar-refractivity contribution in [2.24, 2.45) is 0 Å². The summed E-state index contributed by atoms with van der Waals surface area (Å²) in [5.74, 6) is -0.763. The molecule has 1 aliphatic heterocycles. The summed E-state index contributed by atoms with van der Waals surface area (Å²) in [5.41, 5.74) is 0. The third kappa shape index (κ3) is 7.27. The van der Waals surface area contributed by atoms with Crippen molar-refractivity contribution in [3.05, 3.63) is 0 Å². The quantitative estimate of drug-likeness (QED) is 0.357. The van der Waals surface area contributed by atoms with Gasteiger partial charge in [0.2, 0.25) is 5.91 Å². The smallest absolute Gasteiger partial charge is 0.305 e. The van der Waals surface area contributed by atoms with Crippen LogP contribution in [-0.4, -0.2) is 38.5 Å². The first-order valence-electron chi connectivity index (χ1n) is 11.8. The number of aliphatic carboxylic acids is 1. The third-order valence-electron chi connectivity index (χ3n) is 6.38. The van der Waals surface area contributed by atoms with Gasteiger partial charge in [-0.1, -0.05) is 90.4 Å². The van der Waals surface area contributed by atoms with Crippen molar-refractivity contribution in [3.63, 3.8) is 0 Å². The molecule has 0 aromatic carbocycles. The molecule has 2 fully saturated rings. The van der Waals surface area contributed by atoms with E-state index in [1.54, 1.807) is 11.8 Å². The zero-order chi connectivity index (χ0) is 20.2. The normalized spacial score (nSPS) is 22.0. The fourth-order valence-electron chi connectivity index (χ4n) is 4.78. The van der Waals surface area contributed by atoms with Gasteiger partial charge in [0.1, 0.15) is 0 Å². The van der Waals surface area contributed by atoms with Gasteiger partial charge in [-0.25, -0.2) is 0 Å². The molecule has 2 rings (SSSR count). The van der Waals surface area contributed by atoms with Gasteiger partial charge in [0.25, 0.3) is 0 Å². The minimum absolute atomic E-state index is 0.0280. The SMILES string of the molecule is CCCCCCCCCCCCN1C(=O)C(CC(=O)O)SC12CCCCCC2. The van der Waals surface area contributed by atoms with Crippen molar-refractivity contribution in [1.29, 1.82) is 0 Å². The van der Waals surface area contributed by atoms with Gasteiger partial charge in [0.05, 0.1) is 16.5 Å². The van der Waals surface area contributed by atoms with Crippen LogP contribution in [0.2, 0.25) is 0 Å². The molecule has 0 bridgehead atoms. The van der Waals surface area contributed by atoms with Gasteiger partial charge in [-0.15, -0.1) is 11.8 Å². The molecule has 1 unspecified atom stereocenters. The van der Waals surface area contributed by atoms with Gasteiger partial charge in [0.15, 0.2) is 0 Å². The highest BCUT2D eigenvalue weighted by Gasteiger charge is 2.51. The van der Waals surface area contributed by atoms with E-state index in [2.05, 4.69) is 11.8 Å². The predicted octanol–water partition coefficient (Wildman–Crippen LogP) is 6.38. The van der Waals surface area contributed by atoms with Crippen LogP contribution in [0.15, 0.2) is 0 Å². The van der Waals surface area contributed by atoms with E-state index in [1.807, 2.05) is 0 Å². The lowest BCUT2D eigenvalue weighted by atomic mass is 10.0. The molecule has 1 spiro atoms. The molecule has 1 saturated carbocycles. The van der Waals surface area contributed by atoms with Gasteiger partial charge < -0.3 is 10.0 Å². The Kier molecular flexibility index (Phi) is 10.7. The Morgan fingerprint density at radius 1 is 0.964 bits per heavy atom. The van der Waals surface area contributed by atoms with Crippen molar-refractivity contribution in [2.75, 3.05) is 6.54 Å². The third-order valence-corrected chi connectivity index (χ3v) is 8.10. The van der Waals surface area contributed by atoms with E-state index in [9.17, 15) is 14.7 Å². The van der Waals surface area contributed by atoms with Crippen molar-refractivity contribution in [1.82, 2.24) is 4.90 Å². The molecule has 1 aliphatic carbocycles. The van der Waals surface area contributed by atoms with Gasteiger partial charge in [-0.3, -0.25) is 9.59 Å². The van der Waals surface area contributed by atoms with Crippen molar-refractivity contribution < 1.29 is 14.7 Å². The standard InChI is InChI=1S/C23H41NO3S/c1-2-3-4-5-6-7-8-9-12-15-18-24-22(27)20(19-21(25)26)28-23(24)16-13-10-11-14-17-23/h20H,2-19H2,1H3,(H,25,26). The minimum Gasteiger partial charge on any atom is -0.481 e. The number of hydrogen-bond donors (Lipinski definition) is 1. The fourth-order valence-corrected chi connectivity index (χ4v) is 6.60. The van der Waals surface area contributed by atoms with Crippen LogP contribution in [0.3, 0.4) is 0 Å². The second-order valence-corrected chi connectivity index (χ2v) is 10.3. The molecule has 1 saturated heterocycles. The number of thioether (sulfide) groups is 1. The number of nitrogens with zero attached hydrogens (tertiary/aromatic N) is 1. The Hall–Kier alpha value is -0.710. The number of unbranched alkanes of at least 4 members (excludes halogenated alkanes) is 9. The lowest BCUT2D eigenvalue weighted by Crippen LogP contribution is -2.45. The molecule has 162 valence electrons. The van der Waals surface area contributed by atoms with E-state index in [-0.39, 0.29) is 22.4 Å². The highest BCUT2D eigenvalue weighted by atomic mass is 32.2. The highest BCUT2D eigenvalue weighted by Crippen LogP contribution is 2.50. The predicted molar refractivity (Wildman–Crippen MR) is 118 cm³/mol. The maximum Gasteiger partial charge on any atom is 0.305 e. The molecule has 28 heavy (non-hydrogen) atoms. The summed E-state index contributed by atoms with van der Waals surface area (Å²) >= 11 is 1.67. The molecule has 4 nitrogen and oxygen atoms in total. The number of rotatable bonds is 13. The van der Waals surface area contributed by atoms with Gasteiger partial charge in [0, 0.05) is 6.54 Å². The molecule has 1 amide bonds. The second-order valence-electron chi connectivity index (χ2n) is 8.74. The van der Waals surface area contributed by atoms with Crippen LogP contribution in [0, 0.1) is 0 Å². The Morgan fingerprint density at radius 2 is 1.50 bits per heavy atom. The molecule has 1 heterocycles. The first-order valence-corrected chi connectivity index (χ1v) is 12.7. The van der Waals surface area contributed by atoms with E-state index in [1.165, 1.54) is 70.6 Å². The van der Waals surface area contributed by atoms with E-state index in [4.69, 9.17) is 0 Å². The summed E-state index contributed by atoms with van der Waals surface area (Å²) in [6.07, 6.45) is 19.8. The minimum atomic E-state index is -0.851. The maximum atomic E-state index is 13.0. The topological polar surface area (TPSA) is 57.6 Å². The highest BCUT2D eigenvalue weighted by molar-refractivity contribution is 8.02. The van der Waals surface area contributed by atoms with Crippen molar-refractivity contribution in [2.45, 2.75) is 126 Å². The molecular weight excluding hydrogens is 370 g/mol. The summed E-state index contributed by atoms with van der Waals surface area (Å²) in [5, 5.41) is 8.82. The number of amides is 1. The Bertz CT molecular complexity index is 474. The van der Waals surface area contributed by atoms with Crippen LogP contribution in [0.4, 0.5) is 0 Å². The summed E-state index contributed by atoms with van der Waals surface area (Å²) in [7, 11) is 0. The monoisotopic (exact) mass is 411 g/mol. The number of carboxylic acids is 1. The van der Waals surface area contributed by atoms with Gasteiger partial charge in [-0.2, -0.15) is 0 Å². The number of carbonyl (C=O) groups excluding carboxylic acids is 1. The molecule has 2 aliphatic rings. The van der Waals surface area contributed by atoms with Crippen LogP contribution in [0.5, 0.6) is 0 Å². The second kappa shape index (κ2) is 12.8. The molecular formula is C23H41NO3S. The zero-order valence-corrected chi connectivity index (χ0v) is 18.7. The van der Waals surface area contributed by atoms with E-state index in [0.717, 1.165) is 38.6 Å². The van der Waals surface area contributed by atoms with Crippen LogP contribution in [-0.2, 0) is 9.59 Å². The lowest BCUT2D eigenvalue weighted by Gasteiger charge is -2.37. The number of hydrogen-bond acceptors (Lipinski definition) is 3. The van der Waals surface area contributed by atoms with Crippen LogP contribution < -0.4 is 0 Å². The molecule has 0 radical (unpaired) electrons. The van der Waals surface area contributed by atoms with Gasteiger partial charge in [-0.05, 0) is 19.3 Å². The average Bonchev–Trinajstić information content (AvgIpc) is 2.81. The van der Waals surface area contributed by atoms with Gasteiger partial charge >= 0.3 is 5.97 Å². The van der Waals surface area contributed by atoms with Crippen molar-refractivity contribution in [3.8, 4) is 0 Å². The zero-order valence-electron chi connectivity index (χ0n) is 17.9. The average molecular weight is 412 g/mol. The molecule has 1 N–H and O–H groups in total. The lowest BCUT2D eigenvalue weighted by molar-refractivity contribution is -0.140. The van der Waals surface area contributed by atoms with Crippen LogP contribution in [0.1, 0.15) is 116 Å². The summed E-state index contributed by atoms with van der Waals surface area (Å²) in [6.45, 7) is 3.07. The summed E-state index contributed by atoms with van der Waals surface area (Å²) in [6, 6.07) is 0. The Morgan fingerprint density at radius 3 is 2.04 bits per heavy atom. The summed E-state index contributed by atoms with van der Waals surface area (Å²) < 4.78 is 0. The largest absolute Gasteiger partial charge is 0.481 e. The van der Waals surface area contributed by atoms with E-state index < -0.39 is 5.97 Å². The first-order chi connectivity index (χ1) is 13.6. The van der Waals surface area contributed by atoms with Crippen LogP contribution in [0.25, 0.3) is 0 Å². The number of carbonyl (C=O) groups is 2. The Labute approximate surface area is 176 Å². The van der Waals surface area contributed by atoms with Crippen molar-refractivity contribution >= 4 is 23.6 Å². The maximum absolute atomic E-state index is 13.0. The number of carboxylic acid groups (broad SMARTS) is 1.